The third-order valence-electron chi connectivity index (χ3n) is 5.97. The summed E-state index contributed by atoms with van der Waals surface area (Å²) in [6, 6.07) is 21.7. The highest BCUT2D eigenvalue weighted by Crippen LogP contribution is 2.51. The Kier molecular flexibility index (Phi) is 1.89. The van der Waals surface area contributed by atoms with Gasteiger partial charge in [-0.3, -0.25) is 0 Å². The van der Waals surface area contributed by atoms with Gasteiger partial charge < -0.3 is 10.2 Å². The van der Waals surface area contributed by atoms with E-state index >= 15 is 0 Å². The van der Waals surface area contributed by atoms with Crippen molar-refractivity contribution < 1.29 is 10.2 Å². The van der Waals surface area contributed by atoms with Crippen molar-refractivity contribution in [2.24, 2.45) is 0 Å². The summed E-state index contributed by atoms with van der Waals surface area (Å²) in [5.41, 5.74) is 0. The molecule has 1 radical (unpaired) electrons. The van der Waals surface area contributed by atoms with E-state index in [1.54, 1.807) is 6.07 Å². The molecule has 0 aromatic heterocycles. The van der Waals surface area contributed by atoms with E-state index in [1.165, 1.54) is 32.3 Å². The molecule has 0 fully saturated rings. The van der Waals surface area contributed by atoms with Crippen LogP contribution in [-0.4, -0.2) is 10.2 Å². The highest BCUT2D eigenvalue weighted by molar-refractivity contribution is 6.45. The summed E-state index contributed by atoms with van der Waals surface area (Å²) >= 11 is 0. The Balaban J connectivity index is 2.09. The molecule has 2 N–H and O–H groups in total. The van der Waals surface area contributed by atoms with Gasteiger partial charge >= 0.3 is 0 Å². The molecule has 0 saturated carbocycles. The lowest BCUT2D eigenvalue weighted by molar-refractivity contribution is 0.464. The fourth-order valence-corrected chi connectivity index (χ4v) is 4.97. The van der Waals surface area contributed by atoms with Gasteiger partial charge in [-0.1, -0.05) is 48.5 Å². The van der Waals surface area contributed by atoms with E-state index in [0.717, 1.165) is 26.9 Å². The summed E-state index contributed by atoms with van der Waals surface area (Å²) < 4.78 is 0. The predicted molar refractivity (Wildman–Crippen MR) is 107 cm³/mol. The van der Waals surface area contributed by atoms with Crippen LogP contribution in [0.25, 0.3) is 64.6 Å². The van der Waals surface area contributed by atoms with E-state index in [-0.39, 0.29) is 11.5 Å². The van der Waals surface area contributed by atoms with Gasteiger partial charge in [0.25, 0.3) is 0 Å². The van der Waals surface area contributed by atoms with Gasteiger partial charge in [-0.25, -0.2) is 0 Å². The standard InChI is InChI=1S/C24H11O2/c25-16-9-14-7-5-12-3-1-11-2-4-13-6-8-15-10-17(26)23(16)24-21(14)19(12)18(11)20(13)22(15)24/h1-9,25-26H. The largest absolute Gasteiger partial charge is 0.507 e. The van der Waals surface area contributed by atoms with Gasteiger partial charge in [0, 0.05) is 11.5 Å². The van der Waals surface area contributed by atoms with Crippen molar-refractivity contribution in [3.8, 4) is 11.5 Å². The fourth-order valence-electron chi connectivity index (χ4n) is 4.97. The molecule has 2 heteroatoms. The second-order valence-corrected chi connectivity index (χ2v) is 7.20. The van der Waals surface area contributed by atoms with Crippen LogP contribution in [0, 0.1) is 6.07 Å². The van der Waals surface area contributed by atoms with Gasteiger partial charge in [-0.15, -0.1) is 0 Å². The van der Waals surface area contributed by atoms with Crippen molar-refractivity contribution >= 4 is 64.6 Å². The number of rotatable bonds is 0. The fraction of sp³-hybridized carbons (Fsp3) is 0. The van der Waals surface area contributed by atoms with Crippen molar-refractivity contribution in [2.45, 2.75) is 0 Å². The minimum atomic E-state index is 0.00908. The highest BCUT2D eigenvalue weighted by Gasteiger charge is 2.23. The predicted octanol–water partition coefficient (Wildman–Crippen LogP) is 6.13. The molecule has 0 saturated heterocycles. The zero-order valence-corrected chi connectivity index (χ0v) is 13.6. The number of phenols is 2. The van der Waals surface area contributed by atoms with Gasteiger partial charge in [0.05, 0.1) is 5.39 Å². The maximum absolute atomic E-state index is 10.6. The first kappa shape index (κ1) is 12.8. The Morgan fingerprint density at radius 3 is 1.65 bits per heavy atom. The lowest BCUT2D eigenvalue weighted by Crippen LogP contribution is -1.93. The Morgan fingerprint density at radius 2 is 1.00 bits per heavy atom. The zero-order valence-electron chi connectivity index (χ0n) is 13.6. The molecule has 7 aromatic carbocycles. The van der Waals surface area contributed by atoms with Crippen LogP contribution in [0.4, 0.5) is 0 Å². The maximum Gasteiger partial charge on any atom is 0.135 e. The lowest BCUT2D eigenvalue weighted by atomic mass is 9.82. The Morgan fingerprint density at radius 1 is 0.500 bits per heavy atom. The second kappa shape index (κ2) is 3.83. The number of phenolic OH excluding ortho intramolecular Hbond substituents is 2. The topological polar surface area (TPSA) is 40.5 Å². The molecule has 0 bridgehead atoms. The molecular weight excluding hydrogens is 320 g/mol. The van der Waals surface area contributed by atoms with Crippen molar-refractivity contribution in [3.05, 3.63) is 60.7 Å². The minimum absolute atomic E-state index is 0.00908. The molecule has 0 aliphatic heterocycles. The number of benzene rings is 7. The van der Waals surface area contributed by atoms with Crippen LogP contribution < -0.4 is 0 Å². The summed E-state index contributed by atoms with van der Waals surface area (Å²) in [6.45, 7) is 0. The molecule has 0 aliphatic carbocycles. The second-order valence-electron chi connectivity index (χ2n) is 7.20. The summed E-state index contributed by atoms with van der Waals surface area (Å²) in [6.07, 6.45) is 0. The first-order chi connectivity index (χ1) is 12.7. The van der Waals surface area contributed by atoms with Gasteiger partial charge in [-0.2, -0.15) is 0 Å². The smallest absolute Gasteiger partial charge is 0.135 e. The summed E-state index contributed by atoms with van der Waals surface area (Å²) in [7, 11) is 0. The average Bonchev–Trinajstić information content (AvgIpc) is 2.66. The monoisotopic (exact) mass is 331 g/mol. The van der Waals surface area contributed by atoms with E-state index in [9.17, 15) is 10.2 Å². The normalized spacial score (nSPS) is 12.9. The molecule has 0 amide bonds. The van der Waals surface area contributed by atoms with Crippen molar-refractivity contribution in [1.82, 2.24) is 0 Å². The molecular formula is C24H11O2. The van der Waals surface area contributed by atoms with Gasteiger partial charge in [-0.05, 0) is 59.9 Å². The van der Waals surface area contributed by atoms with Crippen LogP contribution >= 0.6 is 0 Å². The molecule has 0 atom stereocenters. The third kappa shape index (κ3) is 1.20. The lowest BCUT2D eigenvalue weighted by Gasteiger charge is -2.21. The molecule has 2 nitrogen and oxygen atoms in total. The Hall–Kier alpha value is -3.52. The Bertz CT molecular complexity index is 1530. The van der Waals surface area contributed by atoms with Crippen LogP contribution in [0.1, 0.15) is 0 Å². The molecule has 7 aromatic rings. The van der Waals surface area contributed by atoms with Crippen LogP contribution in [0.5, 0.6) is 11.5 Å². The van der Waals surface area contributed by atoms with E-state index in [0.29, 0.717) is 5.39 Å². The molecule has 0 aliphatic rings. The minimum Gasteiger partial charge on any atom is -0.507 e. The molecule has 0 unspecified atom stereocenters. The molecule has 7 rings (SSSR count). The maximum atomic E-state index is 10.6. The number of aromatic hydroxyl groups is 2. The van der Waals surface area contributed by atoms with Crippen LogP contribution in [0.2, 0.25) is 0 Å². The van der Waals surface area contributed by atoms with Gasteiger partial charge in [0.2, 0.25) is 0 Å². The van der Waals surface area contributed by atoms with Crippen LogP contribution in [-0.2, 0) is 0 Å². The number of hydrogen-bond donors (Lipinski definition) is 2. The van der Waals surface area contributed by atoms with Crippen molar-refractivity contribution in [2.75, 3.05) is 0 Å². The molecule has 0 heterocycles. The zero-order chi connectivity index (χ0) is 17.2. The van der Waals surface area contributed by atoms with Crippen molar-refractivity contribution in [3.63, 3.8) is 0 Å². The summed E-state index contributed by atoms with van der Waals surface area (Å²) in [5, 5.41) is 34.0. The van der Waals surface area contributed by atoms with Crippen LogP contribution in [0.3, 0.4) is 0 Å². The third-order valence-corrected chi connectivity index (χ3v) is 5.97. The highest BCUT2D eigenvalue weighted by atomic mass is 16.3. The first-order valence-electron chi connectivity index (χ1n) is 8.67. The SMILES string of the molecule is Oc1[c]c2ccc3ccc4ccc5ccc6cc(O)c1c1c2c3c4c5c61. The van der Waals surface area contributed by atoms with E-state index in [1.807, 2.05) is 6.07 Å². The van der Waals surface area contributed by atoms with Crippen LogP contribution in [0.15, 0.2) is 54.6 Å². The Labute approximate surface area is 147 Å². The van der Waals surface area contributed by atoms with E-state index in [4.69, 9.17) is 0 Å². The molecule has 26 heavy (non-hydrogen) atoms. The molecule has 119 valence electrons. The summed E-state index contributed by atoms with van der Waals surface area (Å²) in [4.78, 5) is 0. The van der Waals surface area contributed by atoms with Gasteiger partial charge in [0.1, 0.15) is 11.5 Å². The quantitative estimate of drug-likeness (QED) is 0.259. The first-order valence-corrected chi connectivity index (χ1v) is 8.67. The van der Waals surface area contributed by atoms with Crippen molar-refractivity contribution in [1.29, 1.82) is 0 Å². The van der Waals surface area contributed by atoms with E-state index in [2.05, 4.69) is 48.5 Å². The number of hydrogen-bond acceptors (Lipinski definition) is 2. The van der Waals surface area contributed by atoms with E-state index < -0.39 is 0 Å². The average molecular weight is 331 g/mol. The molecule has 0 spiro atoms. The van der Waals surface area contributed by atoms with Gasteiger partial charge in [0.15, 0.2) is 0 Å². The summed E-state index contributed by atoms with van der Waals surface area (Å²) in [5.74, 6) is 0.112.